The van der Waals surface area contributed by atoms with Gasteiger partial charge in [-0.2, -0.15) is 10.1 Å². The predicted molar refractivity (Wildman–Crippen MR) is 113 cm³/mol. The number of anilines is 2. The largest absolute Gasteiger partial charge is 0.301 e. The molecule has 0 aliphatic carbocycles. The minimum atomic E-state index is -0.371. The molecule has 0 saturated carbocycles. The highest BCUT2D eigenvalue weighted by atomic mass is 16.2. The number of amides is 2. The zero-order chi connectivity index (χ0) is 20.5. The van der Waals surface area contributed by atoms with Crippen molar-refractivity contribution in [1.29, 1.82) is 0 Å². The lowest BCUT2D eigenvalue weighted by Crippen LogP contribution is -2.38. The van der Waals surface area contributed by atoms with E-state index < -0.39 is 0 Å². The van der Waals surface area contributed by atoms with E-state index in [1.54, 1.807) is 29.1 Å². The Morgan fingerprint density at radius 2 is 1.45 bits per heavy atom. The van der Waals surface area contributed by atoms with E-state index in [9.17, 15) is 9.59 Å². The van der Waals surface area contributed by atoms with Crippen LogP contribution in [0.15, 0.2) is 76.0 Å². The van der Waals surface area contributed by atoms with Gasteiger partial charge in [0.1, 0.15) is 5.71 Å². The summed E-state index contributed by atoms with van der Waals surface area (Å²) in [6, 6.07) is 18.1. The quantitative estimate of drug-likeness (QED) is 0.758. The van der Waals surface area contributed by atoms with Crippen molar-refractivity contribution in [2.45, 2.75) is 19.9 Å². The van der Waals surface area contributed by atoms with Gasteiger partial charge in [-0.1, -0.05) is 36.4 Å². The van der Waals surface area contributed by atoms with Gasteiger partial charge in [0.2, 0.25) is 0 Å². The van der Waals surface area contributed by atoms with Gasteiger partial charge in [0, 0.05) is 7.05 Å². The molecule has 2 aromatic rings. The van der Waals surface area contributed by atoms with Crippen molar-refractivity contribution in [3.8, 4) is 0 Å². The van der Waals surface area contributed by atoms with Gasteiger partial charge in [0.05, 0.1) is 23.1 Å². The SMILES string of the molecule is CC1=NN(c2ccccc2)C(=O)/C1=N/N=C1C(=O)N(c2ccccc2)N(C)C1C. The van der Waals surface area contributed by atoms with Crippen LogP contribution in [0.4, 0.5) is 11.4 Å². The fourth-order valence-electron chi connectivity index (χ4n) is 3.24. The predicted octanol–water partition coefficient (Wildman–Crippen LogP) is 2.49. The molecule has 0 spiro atoms. The Balaban J connectivity index is 1.63. The van der Waals surface area contributed by atoms with Crippen molar-refractivity contribution in [2.24, 2.45) is 15.3 Å². The lowest BCUT2D eigenvalue weighted by Gasteiger charge is -2.25. The lowest BCUT2D eigenvalue weighted by molar-refractivity contribution is -0.113. The molecular weight excluding hydrogens is 368 g/mol. The van der Waals surface area contributed by atoms with Gasteiger partial charge >= 0.3 is 5.91 Å². The number of carbonyl (C=O) groups is 2. The number of para-hydroxylation sites is 2. The summed E-state index contributed by atoms with van der Waals surface area (Å²) >= 11 is 0. The number of nitrogens with zero attached hydrogens (tertiary/aromatic N) is 6. The topological polar surface area (TPSA) is 80.9 Å². The van der Waals surface area contributed by atoms with Crippen LogP contribution in [0.5, 0.6) is 0 Å². The van der Waals surface area contributed by atoms with Gasteiger partial charge in [-0.3, -0.25) is 9.59 Å². The smallest absolute Gasteiger partial charge is 0.266 e. The highest BCUT2D eigenvalue weighted by molar-refractivity contribution is 6.71. The molecule has 29 heavy (non-hydrogen) atoms. The molecule has 1 saturated heterocycles. The number of rotatable bonds is 3. The summed E-state index contributed by atoms with van der Waals surface area (Å²) in [6.45, 7) is 3.57. The molecule has 2 amide bonds. The average Bonchev–Trinajstić information content (AvgIpc) is 3.14. The molecule has 2 aromatic carbocycles. The summed E-state index contributed by atoms with van der Waals surface area (Å²) in [5.41, 5.74) is 2.24. The molecule has 0 bridgehead atoms. The molecule has 1 fully saturated rings. The van der Waals surface area contributed by atoms with E-state index in [1.807, 2.05) is 62.5 Å². The van der Waals surface area contributed by atoms with Crippen molar-refractivity contribution in [1.82, 2.24) is 5.01 Å². The highest BCUT2D eigenvalue weighted by Crippen LogP contribution is 2.24. The summed E-state index contributed by atoms with van der Waals surface area (Å²) in [4.78, 5) is 25.7. The Labute approximate surface area is 168 Å². The minimum absolute atomic E-state index is 0.127. The van der Waals surface area contributed by atoms with Crippen LogP contribution in [0.1, 0.15) is 13.8 Å². The second-order valence-corrected chi connectivity index (χ2v) is 6.77. The third-order valence-corrected chi connectivity index (χ3v) is 4.93. The first-order chi connectivity index (χ1) is 14.0. The second kappa shape index (κ2) is 7.40. The molecule has 8 nitrogen and oxygen atoms in total. The molecule has 8 heteroatoms. The molecule has 0 N–H and O–H groups in total. The van der Waals surface area contributed by atoms with Crippen LogP contribution in [-0.4, -0.2) is 47.0 Å². The van der Waals surface area contributed by atoms with E-state index in [1.165, 1.54) is 5.01 Å². The molecule has 2 heterocycles. The number of carbonyl (C=O) groups excluding carboxylic acids is 2. The van der Waals surface area contributed by atoms with Gasteiger partial charge < -0.3 is 0 Å². The lowest BCUT2D eigenvalue weighted by atomic mass is 10.2. The summed E-state index contributed by atoms with van der Waals surface area (Å²) in [6.07, 6.45) is 0. The highest BCUT2D eigenvalue weighted by Gasteiger charge is 2.40. The molecule has 0 radical (unpaired) electrons. The van der Waals surface area contributed by atoms with Crippen molar-refractivity contribution in [3.63, 3.8) is 0 Å². The van der Waals surface area contributed by atoms with Crippen LogP contribution in [-0.2, 0) is 9.59 Å². The van der Waals surface area contributed by atoms with Gasteiger partial charge in [-0.05, 0) is 38.1 Å². The maximum absolute atomic E-state index is 12.9. The molecule has 146 valence electrons. The number of hydrogen-bond acceptors (Lipinski definition) is 6. The van der Waals surface area contributed by atoms with Crippen LogP contribution >= 0.6 is 0 Å². The first-order valence-corrected chi connectivity index (χ1v) is 9.22. The normalized spacial score (nSPS) is 22.9. The zero-order valence-corrected chi connectivity index (χ0v) is 16.4. The van der Waals surface area contributed by atoms with Gasteiger partial charge in [0.25, 0.3) is 5.91 Å². The summed E-state index contributed by atoms with van der Waals surface area (Å²) in [7, 11) is 1.82. The Bertz CT molecular complexity index is 1050. The first kappa shape index (κ1) is 18.7. The van der Waals surface area contributed by atoms with Gasteiger partial charge in [0.15, 0.2) is 5.71 Å². The van der Waals surface area contributed by atoms with Crippen molar-refractivity contribution in [3.05, 3.63) is 60.7 Å². The van der Waals surface area contributed by atoms with Crippen LogP contribution in [0.3, 0.4) is 0 Å². The minimum Gasteiger partial charge on any atom is -0.266 e. The van der Waals surface area contributed by atoms with E-state index in [2.05, 4.69) is 15.3 Å². The molecule has 2 aliphatic rings. The van der Waals surface area contributed by atoms with E-state index in [4.69, 9.17) is 0 Å². The number of hydrazone groups is 1. The average molecular weight is 388 g/mol. The van der Waals surface area contributed by atoms with Crippen LogP contribution < -0.4 is 10.0 Å². The Morgan fingerprint density at radius 1 is 0.862 bits per heavy atom. The zero-order valence-electron chi connectivity index (χ0n) is 16.4. The molecule has 1 unspecified atom stereocenters. The third kappa shape index (κ3) is 3.23. The number of hydrazine groups is 1. The van der Waals surface area contributed by atoms with Crippen molar-refractivity contribution < 1.29 is 9.59 Å². The van der Waals surface area contributed by atoms with E-state index in [0.717, 1.165) is 5.69 Å². The Hall–Kier alpha value is -3.65. The maximum Gasteiger partial charge on any atom is 0.301 e. The fraction of sp³-hybridized carbons (Fsp3) is 0.190. The number of benzene rings is 2. The van der Waals surface area contributed by atoms with E-state index >= 15 is 0 Å². The summed E-state index contributed by atoms with van der Waals surface area (Å²) in [5.74, 6) is -0.639. The maximum atomic E-state index is 12.9. The van der Waals surface area contributed by atoms with Gasteiger partial charge in [-0.15, -0.1) is 10.2 Å². The van der Waals surface area contributed by atoms with Gasteiger partial charge in [-0.25, -0.2) is 10.0 Å². The number of hydrogen-bond donors (Lipinski definition) is 0. The fourth-order valence-corrected chi connectivity index (χ4v) is 3.24. The third-order valence-electron chi connectivity index (χ3n) is 4.93. The molecule has 4 rings (SSSR count). The monoisotopic (exact) mass is 388 g/mol. The van der Waals surface area contributed by atoms with Crippen LogP contribution in [0, 0.1) is 0 Å². The Morgan fingerprint density at radius 3 is 2.07 bits per heavy atom. The van der Waals surface area contributed by atoms with Crippen LogP contribution in [0.2, 0.25) is 0 Å². The summed E-state index contributed by atoms with van der Waals surface area (Å²) in [5, 5.41) is 17.2. The van der Waals surface area contributed by atoms with E-state index in [-0.39, 0.29) is 29.3 Å². The molecular formula is C21H20N6O2. The van der Waals surface area contributed by atoms with Crippen LogP contribution in [0.25, 0.3) is 0 Å². The van der Waals surface area contributed by atoms with Crippen molar-refractivity contribution >= 4 is 40.3 Å². The molecule has 1 atom stereocenters. The second-order valence-electron chi connectivity index (χ2n) is 6.77. The first-order valence-electron chi connectivity index (χ1n) is 9.22. The molecule has 0 aromatic heterocycles. The Kier molecular flexibility index (Phi) is 4.77. The molecule has 2 aliphatic heterocycles. The van der Waals surface area contributed by atoms with Crippen molar-refractivity contribution in [2.75, 3.05) is 17.1 Å². The standard InChI is InChI=1S/C21H20N6O2/c1-14-18(20(28)26(24-14)16-10-6-4-7-11-16)22-23-19-15(2)25(3)27(21(19)29)17-12-8-5-9-13-17/h4-13,15H,1-3H3/b22-18+,23-19?. The van der Waals surface area contributed by atoms with E-state index in [0.29, 0.717) is 11.4 Å². The summed E-state index contributed by atoms with van der Waals surface area (Å²) < 4.78 is 0.